The van der Waals surface area contributed by atoms with Gasteiger partial charge in [0.2, 0.25) is 5.91 Å². The molecule has 0 atom stereocenters. The van der Waals surface area contributed by atoms with E-state index in [1.165, 1.54) is 12.1 Å². The molecule has 2 aromatic carbocycles. The number of carbonyl (C=O) groups is 1. The minimum Gasteiger partial charge on any atom is -0.376 e. The zero-order valence-electron chi connectivity index (χ0n) is 10.6. The average molecular weight is 258 g/mol. The molecule has 1 amide bonds. The summed E-state index contributed by atoms with van der Waals surface area (Å²) in [5.41, 5.74) is 2.17. The molecule has 2 N–H and O–H groups in total. The summed E-state index contributed by atoms with van der Waals surface area (Å²) >= 11 is 0. The van der Waals surface area contributed by atoms with Crippen molar-refractivity contribution < 1.29 is 9.18 Å². The maximum atomic E-state index is 13.3. The van der Waals surface area contributed by atoms with Gasteiger partial charge in [0.1, 0.15) is 5.82 Å². The normalized spacial score (nSPS) is 10.0. The van der Waals surface area contributed by atoms with Gasteiger partial charge in [-0.25, -0.2) is 4.39 Å². The quantitative estimate of drug-likeness (QED) is 0.884. The third kappa shape index (κ3) is 3.81. The van der Waals surface area contributed by atoms with Crippen LogP contribution in [0.1, 0.15) is 5.56 Å². The molecule has 0 aliphatic rings. The number of amides is 1. The Morgan fingerprint density at radius 1 is 1.16 bits per heavy atom. The minimum atomic E-state index is -0.439. The summed E-state index contributed by atoms with van der Waals surface area (Å²) in [6.07, 6.45) is 0. The van der Waals surface area contributed by atoms with Gasteiger partial charge in [0.25, 0.3) is 0 Å². The SMILES string of the molecule is Cc1cccc(NCC(=O)Nc2ccccc2F)c1. The van der Waals surface area contributed by atoms with Gasteiger partial charge in [-0.05, 0) is 36.8 Å². The van der Waals surface area contributed by atoms with Crippen molar-refractivity contribution in [2.45, 2.75) is 6.92 Å². The maximum absolute atomic E-state index is 13.3. The summed E-state index contributed by atoms with van der Waals surface area (Å²) in [7, 11) is 0. The van der Waals surface area contributed by atoms with Gasteiger partial charge < -0.3 is 10.6 Å². The molecule has 0 bridgehead atoms. The highest BCUT2D eigenvalue weighted by molar-refractivity contribution is 5.93. The van der Waals surface area contributed by atoms with E-state index in [1.807, 2.05) is 31.2 Å². The molecule has 3 nitrogen and oxygen atoms in total. The number of benzene rings is 2. The Balaban J connectivity index is 1.90. The molecule has 0 aliphatic heterocycles. The van der Waals surface area contributed by atoms with E-state index in [1.54, 1.807) is 12.1 Å². The third-order valence-corrected chi connectivity index (χ3v) is 2.62. The molecule has 0 heterocycles. The zero-order chi connectivity index (χ0) is 13.7. The Hall–Kier alpha value is -2.36. The number of hydrogen-bond acceptors (Lipinski definition) is 2. The van der Waals surface area contributed by atoms with Crippen LogP contribution in [0.2, 0.25) is 0 Å². The van der Waals surface area contributed by atoms with Gasteiger partial charge in [0, 0.05) is 5.69 Å². The molecular formula is C15H15FN2O. The Kier molecular flexibility index (Phi) is 4.13. The van der Waals surface area contributed by atoms with Crippen molar-refractivity contribution in [3.63, 3.8) is 0 Å². The van der Waals surface area contributed by atoms with Crippen LogP contribution in [0.25, 0.3) is 0 Å². The molecule has 0 saturated carbocycles. The first-order chi connectivity index (χ1) is 9.15. The van der Waals surface area contributed by atoms with Crippen molar-refractivity contribution >= 4 is 17.3 Å². The standard InChI is InChI=1S/C15H15FN2O/c1-11-5-4-6-12(9-11)17-10-15(19)18-14-8-3-2-7-13(14)16/h2-9,17H,10H2,1H3,(H,18,19). The predicted octanol–water partition coefficient (Wildman–Crippen LogP) is 3.18. The minimum absolute atomic E-state index is 0.0950. The predicted molar refractivity (Wildman–Crippen MR) is 74.7 cm³/mol. The second kappa shape index (κ2) is 6.00. The van der Waals surface area contributed by atoms with Crippen molar-refractivity contribution in [3.8, 4) is 0 Å². The van der Waals surface area contributed by atoms with E-state index in [-0.39, 0.29) is 18.1 Å². The molecule has 0 unspecified atom stereocenters. The number of para-hydroxylation sites is 1. The lowest BCUT2D eigenvalue weighted by atomic mass is 10.2. The van der Waals surface area contributed by atoms with Gasteiger partial charge in [0.15, 0.2) is 0 Å². The van der Waals surface area contributed by atoms with Crippen molar-refractivity contribution in [2.24, 2.45) is 0 Å². The number of carbonyl (C=O) groups excluding carboxylic acids is 1. The first-order valence-corrected chi connectivity index (χ1v) is 6.00. The zero-order valence-corrected chi connectivity index (χ0v) is 10.6. The molecule has 2 rings (SSSR count). The van der Waals surface area contributed by atoms with Crippen LogP contribution in [0.5, 0.6) is 0 Å². The number of halogens is 1. The van der Waals surface area contributed by atoms with Crippen LogP contribution in [-0.4, -0.2) is 12.5 Å². The van der Waals surface area contributed by atoms with Crippen LogP contribution in [0, 0.1) is 12.7 Å². The van der Waals surface area contributed by atoms with Gasteiger partial charge in [-0.3, -0.25) is 4.79 Å². The number of nitrogens with one attached hydrogen (secondary N) is 2. The number of hydrogen-bond donors (Lipinski definition) is 2. The molecule has 0 radical (unpaired) electrons. The van der Waals surface area contributed by atoms with Crippen molar-refractivity contribution in [1.29, 1.82) is 0 Å². The Morgan fingerprint density at radius 3 is 2.68 bits per heavy atom. The van der Waals surface area contributed by atoms with Gasteiger partial charge in [-0.1, -0.05) is 24.3 Å². The monoisotopic (exact) mass is 258 g/mol. The summed E-state index contributed by atoms with van der Waals surface area (Å²) in [4.78, 5) is 11.7. The third-order valence-electron chi connectivity index (χ3n) is 2.62. The molecule has 4 heteroatoms. The fourth-order valence-electron chi connectivity index (χ4n) is 1.69. The van der Waals surface area contributed by atoms with Crippen LogP contribution in [-0.2, 0) is 4.79 Å². The Labute approximate surface area is 111 Å². The second-order valence-corrected chi connectivity index (χ2v) is 4.25. The van der Waals surface area contributed by atoms with Crippen LogP contribution >= 0.6 is 0 Å². The van der Waals surface area contributed by atoms with Crippen LogP contribution in [0.4, 0.5) is 15.8 Å². The summed E-state index contributed by atoms with van der Waals surface area (Å²) < 4.78 is 13.3. The highest BCUT2D eigenvalue weighted by Gasteiger charge is 2.05. The van der Waals surface area contributed by atoms with E-state index in [9.17, 15) is 9.18 Å². The van der Waals surface area contributed by atoms with E-state index in [4.69, 9.17) is 0 Å². The summed E-state index contributed by atoms with van der Waals surface area (Å²) in [6.45, 7) is 2.07. The molecule has 2 aromatic rings. The van der Waals surface area contributed by atoms with Crippen molar-refractivity contribution in [2.75, 3.05) is 17.2 Å². The molecule has 98 valence electrons. The molecule has 0 saturated heterocycles. The fourth-order valence-corrected chi connectivity index (χ4v) is 1.69. The van der Waals surface area contributed by atoms with Gasteiger partial charge in [0.05, 0.1) is 12.2 Å². The highest BCUT2D eigenvalue weighted by Crippen LogP contribution is 2.12. The topological polar surface area (TPSA) is 41.1 Å². The molecule has 0 aromatic heterocycles. The Bertz CT molecular complexity index is 584. The van der Waals surface area contributed by atoms with Gasteiger partial charge in [-0.15, -0.1) is 0 Å². The van der Waals surface area contributed by atoms with Crippen LogP contribution < -0.4 is 10.6 Å². The van der Waals surface area contributed by atoms with E-state index in [2.05, 4.69) is 10.6 Å². The lowest BCUT2D eigenvalue weighted by molar-refractivity contribution is -0.114. The van der Waals surface area contributed by atoms with E-state index in [0.717, 1.165) is 11.3 Å². The first kappa shape index (κ1) is 13.1. The Morgan fingerprint density at radius 2 is 1.95 bits per heavy atom. The smallest absolute Gasteiger partial charge is 0.243 e. The number of aryl methyl sites for hydroxylation is 1. The molecule has 0 spiro atoms. The average Bonchev–Trinajstić information content (AvgIpc) is 2.39. The summed E-state index contributed by atoms with van der Waals surface area (Å²) in [6, 6.07) is 13.8. The largest absolute Gasteiger partial charge is 0.376 e. The number of rotatable bonds is 4. The van der Waals surface area contributed by atoms with E-state index in [0.29, 0.717) is 0 Å². The van der Waals surface area contributed by atoms with Gasteiger partial charge in [-0.2, -0.15) is 0 Å². The molecule has 0 fully saturated rings. The molecule has 19 heavy (non-hydrogen) atoms. The van der Waals surface area contributed by atoms with Crippen LogP contribution in [0.15, 0.2) is 48.5 Å². The number of anilines is 2. The summed E-state index contributed by atoms with van der Waals surface area (Å²) in [5, 5.41) is 5.51. The lowest BCUT2D eigenvalue weighted by Crippen LogP contribution is -2.22. The second-order valence-electron chi connectivity index (χ2n) is 4.25. The molecular weight excluding hydrogens is 243 g/mol. The molecule has 0 aliphatic carbocycles. The fraction of sp³-hybridized carbons (Fsp3) is 0.133. The van der Waals surface area contributed by atoms with E-state index < -0.39 is 5.82 Å². The highest BCUT2D eigenvalue weighted by atomic mass is 19.1. The van der Waals surface area contributed by atoms with Crippen molar-refractivity contribution in [3.05, 3.63) is 59.9 Å². The summed E-state index contributed by atoms with van der Waals surface area (Å²) in [5.74, 6) is -0.724. The first-order valence-electron chi connectivity index (χ1n) is 6.00. The lowest BCUT2D eigenvalue weighted by Gasteiger charge is -2.08. The van der Waals surface area contributed by atoms with Crippen molar-refractivity contribution in [1.82, 2.24) is 0 Å². The maximum Gasteiger partial charge on any atom is 0.243 e. The van der Waals surface area contributed by atoms with Gasteiger partial charge >= 0.3 is 0 Å². The van der Waals surface area contributed by atoms with E-state index >= 15 is 0 Å². The van der Waals surface area contributed by atoms with Crippen LogP contribution in [0.3, 0.4) is 0 Å².